The van der Waals surface area contributed by atoms with Gasteiger partial charge in [0.05, 0.1) is 0 Å². The van der Waals surface area contributed by atoms with Crippen molar-refractivity contribution in [2.45, 2.75) is 31.8 Å². The molecule has 0 saturated carbocycles. The van der Waals surface area contributed by atoms with Crippen LogP contribution in [0.15, 0.2) is 59.1 Å². The average molecular weight is 412 g/mol. The summed E-state index contributed by atoms with van der Waals surface area (Å²) in [6.45, 7) is 1.06. The van der Waals surface area contributed by atoms with Gasteiger partial charge < -0.3 is 14.2 Å². The molecule has 1 amide bonds. The molecule has 1 atom stereocenters. The van der Waals surface area contributed by atoms with Gasteiger partial charge >= 0.3 is 0 Å². The van der Waals surface area contributed by atoms with Gasteiger partial charge in [0.15, 0.2) is 28.8 Å². The minimum Gasteiger partial charge on any atom is -0.479 e. The first-order valence-corrected chi connectivity index (χ1v) is 9.98. The number of carbonyl (C=O) groups excluding carboxylic acids is 1. The zero-order valence-corrected chi connectivity index (χ0v) is 16.4. The van der Waals surface area contributed by atoms with E-state index >= 15 is 0 Å². The molecule has 4 rings (SSSR count). The molecule has 0 bridgehead atoms. The number of rotatable bonds is 5. The minimum absolute atomic E-state index is 0.167. The van der Waals surface area contributed by atoms with Crippen molar-refractivity contribution in [2.24, 2.45) is 0 Å². The van der Waals surface area contributed by atoms with Gasteiger partial charge in [-0.05, 0) is 42.9 Å². The Morgan fingerprint density at radius 3 is 2.60 bits per heavy atom. The Kier molecular flexibility index (Phi) is 6.07. The van der Waals surface area contributed by atoms with Crippen LogP contribution in [0, 0.1) is 11.6 Å². The number of ether oxygens (including phenoxy) is 1. The molecule has 1 fully saturated rings. The molecule has 2 heterocycles. The molecule has 0 spiro atoms. The molecule has 7 heteroatoms. The maximum absolute atomic E-state index is 13.7. The van der Waals surface area contributed by atoms with E-state index in [9.17, 15) is 13.6 Å². The molecule has 1 aliphatic heterocycles. The lowest BCUT2D eigenvalue weighted by Crippen LogP contribution is -2.32. The maximum atomic E-state index is 13.7. The van der Waals surface area contributed by atoms with Crippen LogP contribution in [0.4, 0.5) is 8.78 Å². The molecule has 1 aromatic heterocycles. The van der Waals surface area contributed by atoms with Crippen LogP contribution in [0.2, 0.25) is 0 Å². The number of halogens is 2. The molecule has 0 radical (unpaired) electrons. The quantitative estimate of drug-likeness (QED) is 0.596. The van der Waals surface area contributed by atoms with E-state index in [-0.39, 0.29) is 24.0 Å². The second-order valence-electron chi connectivity index (χ2n) is 7.35. The first kappa shape index (κ1) is 20.1. The van der Waals surface area contributed by atoms with Crippen LogP contribution >= 0.6 is 0 Å². The van der Waals surface area contributed by atoms with Crippen LogP contribution in [-0.4, -0.2) is 29.1 Å². The first-order valence-electron chi connectivity index (χ1n) is 9.98. The van der Waals surface area contributed by atoms with E-state index in [4.69, 9.17) is 9.26 Å². The van der Waals surface area contributed by atoms with Gasteiger partial charge in [0, 0.05) is 19.2 Å². The van der Waals surface area contributed by atoms with Crippen molar-refractivity contribution < 1.29 is 22.8 Å². The summed E-state index contributed by atoms with van der Waals surface area (Å²) >= 11 is 0. The number of para-hydroxylation sites is 1. The number of aromatic nitrogens is 1. The highest BCUT2D eigenvalue weighted by Crippen LogP contribution is 2.28. The number of carbonyl (C=O) groups is 1. The van der Waals surface area contributed by atoms with Crippen molar-refractivity contribution in [2.75, 3.05) is 13.1 Å². The molecule has 0 aliphatic carbocycles. The van der Waals surface area contributed by atoms with Crippen LogP contribution < -0.4 is 4.74 Å². The number of amides is 1. The van der Waals surface area contributed by atoms with Crippen molar-refractivity contribution in [3.63, 3.8) is 0 Å². The number of benzene rings is 2. The number of hydrogen-bond acceptors (Lipinski definition) is 4. The van der Waals surface area contributed by atoms with Crippen LogP contribution in [0.1, 0.15) is 47.0 Å². The lowest BCUT2D eigenvalue weighted by atomic mass is 9.92. The Morgan fingerprint density at radius 1 is 1.07 bits per heavy atom. The van der Waals surface area contributed by atoms with Crippen LogP contribution in [0.25, 0.3) is 0 Å². The van der Waals surface area contributed by atoms with Gasteiger partial charge in [0.25, 0.3) is 5.91 Å². The predicted octanol–water partition coefficient (Wildman–Crippen LogP) is 4.94. The third-order valence-electron chi connectivity index (χ3n) is 5.34. The van der Waals surface area contributed by atoms with E-state index in [0.29, 0.717) is 19.0 Å². The Balaban J connectivity index is 1.37. The van der Waals surface area contributed by atoms with E-state index in [0.717, 1.165) is 31.4 Å². The fourth-order valence-corrected chi connectivity index (χ4v) is 3.77. The minimum atomic E-state index is -0.802. The molecule has 0 N–H and O–H groups in total. The van der Waals surface area contributed by atoms with E-state index in [1.165, 1.54) is 17.7 Å². The highest BCUT2D eigenvalue weighted by Gasteiger charge is 2.25. The second-order valence-corrected chi connectivity index (χ2v) is 7.35. The summed E-state index contributed by atoms with van der Waals surface area (Å²) in [5.74, 6) is -1.65. The Labute approximate surface area is 173 Å². The number of hydrogen-bond donors (Lipinski definition) is 0. The molecule has 1 aliphatic rings. The second kappa shape index (κ2) is 9.07. The summed E-state index contributed by atoms with van der Waals surface area (Å²) < 4.78 is 37.6. The van der Waals surface area contributed by atoms with Crippen molar-refractivity contribution in [3.05, 3.63) is 83.2 Å². The molecule has 3 aromatic rings. The number of likely N-dealkylation sites (tertiary alicyclic amines) is 1. The van der Waals surface area contributed by atoms with E-state index in [1.54, 1.807) is 4.90 Å². The van der Waals surface area contributed by atoms with Crippen molar-refractivity contribution in [3.8, 4) is 5.75 Å². The zero-order valence-electron chi connectivity index (χ0n) is 16.4. The van der Waals surface area contributed by atoms with Gasteiger partial charge in [0.2, 0.25) is 0 Å². The first-order chi connectivity index (χ1) is 14.6. The molecular formula is C23H22F2N2O3. The summed E-state index contributed by atoms with van der Waals surface area (Å²) in [7, 11) is 0. The van der Waals surface area contributed by atoms with Crippen LogP contribution in [0.5, 0.6) is 5.75 Å². The van der Waals surface area contributed by atoms with Crippen LogP contribution in [0.3, 0.4) is 0 Å². The Hall–Kier alpha value is -3.22. The van der Waals surface area contributed by atoms with Gasteiger partial charge in [-0.15, -0.1) is 0 Å². The van der Waals surface area contributed by atoms with E-state index < -0.39 is 17.4 Å². The lowest BCUT2D eigenvalue weighted by Gasteiger charge is -2.19. The molecule has 156 valence electrons. The van der Waals surface area contributed by atoms with Gasteiger partial charge in [0.1, 0.15) is 6.61 Å². The number of nitrogens with zero attached hydrogens (tertiary/aromatic N) is 2. The van der Waals surface area contributed by atoms with Crippen molar-refractivity contribution in [1.82, 2.24) is 10.1 Å². The Bertz CT molecular complexity index is 986. The zero-order chi connectivity index (χ0) is 20.9. The molecule has 1 unspecified atom stereocenters. The third kappa shape index (κ3) is 4.50. The van der Waals surface area contributed by atoms with Crippen molar-refractivity contribution in [1.29, 1.82) is 0 Å². The summed E-state index contributed by atoms with van der Waals surface area (Å²) in [5.41, 5.74) is 1.47. The summed E-state index contributed by atoms with van der Waals surface area (Å²) in [5, 5.41) is 3.82. The Morgan fingerprint density at radius 2 is 1.83 bits per heavy atom. The summed E-state index contributed by atoms with van der Waals surface area (Å²) in [4.78, 5) is 14.6. The predicted molar refractivity (Wildman–Crippen MR) is 106 cm³/mol. The third-order valence-corrected chi connectivity index (χ3v) is 5.34. The van der Waals surface area contributed by atoms with Gasteiger partial charge in [-0.25, -0.2) is 8.78 Å². The van der Waals surface area contributed by atoms with Crippen molar-refractivity contribution >= 4 is 5.91 Å². The van der Waals surface area contributed by atoms with E-state index in [2.05, 4.69) is 17.3 Å². The average Bonchev–Trinajstić information content (AvgIpc) is 3.09. The van der Waals surface area contributed by atoms with Crippen LogP contribution in [-0.2, 0) is 6.61 Å². The lowest BCUT2D eigenvalue weighted by molar-refractivity contribution is 0.0750. The highest BCUT2D eigenvalue weighted by atomic mass is 19.1. The summed E-state index contributed by atoms with van der Waals surface area (Å²) in [6, 6.07) is 15.3. The fraction of sp³-hybridized carbons (Fsp3) is 0.304. The normalized spacial score (nSPS) is 16.9. The molecule has 2 aromatic carbocycles. The highest BCUT2D eigenvalue weighted by molar-refractivity contribution is 5.92. The topological polar surface area (TPSA) is 55.6 Å². The molecular weight excluding hydrogens is 390 g/mol. The van der Waals surface area contributed by atoms with Gasteiger partial charge in [-0.3, -0.25) is 4.79 Å². The van der Waals surface area contributed by atoms with E-state index in [1.807, 2.05) is 18.2 Å². The molecule has 30 heavy (non-hydrogen) atoms. The molecule has 5 nitrogen and oxygen atoms in total. The largest absolute Gasteiger partial charge is 0.479 e. The standard InChI is InChI=1S/C23H22F2N2O3/c24-19-9-4-10-20(25)22(19)29-15-18-14-21(26-30-18)23(28)27-12-5-8-17(11-13-27)16-6-2-1-3-7-16/h1-4,6-7,9-10,14,17H,5,8,11-13,15H2. The van der Waals surface area contributed by atoms with Gasteiger partial charge in [-0.1, -0.05) is 41.6 Å². The van der Waals surface area contributed by atoms with Gasteiger partial charge in [-0.2, -0.15) is 0 Å². The monoisotopic (exact) mass is 412 g/mol. The SMILES string of the molecule is O=C(c1cc(COc2c(F)cccc2F)on1)N1CCCC(c2ccccc2)CC1. The fourth-order valence-electron chi connectivity index (χ4n) is 3.77. The molecule has 1 saturated heterocycles. The smallest absolute Gasteiger partial charge is 0.276 e. The summed E-state index contributed by atoms with van der Waals surface area (Å²) in [6.07, 6.45) is 2.82. The maximum Gasteiger partial charge on any atom is 0.276 e.